The number of thioether (sulfide) groups is 1. The van der Waals surface area contributed by atoms with Gasteiger partial charge in [0.05, 0.1) is 6.54 Å². The van der Waals surface area contributed by atoms with E-state index in [1.807, 2.05) is 31.2 Å². The fourth-order valence-corrected chi connectivity index (χ4v) is 3.80. The van der Waals surface area contributed by atoms with Gasteiger partial charge in [0, 0.05) is 12.8 Å². The summed E-state index contributed by atoms with van der Waals surface area (Å²) < 4.78 is 0. The molecule has 2 aliphatic rings. The SMILES string of the molecule is Cc1ccc(CSC2=NC3C(C(=O)NC(=O)N3C)N2CC(N)=O)cc1. The molecule has 1 fully saturated rings. The van der Waals surface area contributed by atoms with Crippen molar-refractivity contribution in [3.8, 4) is 0 Å². The largest absolute Gasteiger partial charge is 0.368 e. The number of hydrogen-bond acceptors (Lipinski definition) is 6. The Bertz CT molecular complexity index is 749. The molecule has 9 heteroatoms. The van der Waals surface area contributed by atoms with Crippen LogP contribution in [0.1, 0.15) is 11.1 Å². The number of aliphatic imine (C=N–C) groups is 1. The number of amidine groups is 1. The van der Waals surface area contributed by atoms with Crippen LogP contribution in [0.2, 0.25) is 0 Å². The van der Waals surface area contributed by atoms with Crippen LogP contribution in [-0.2, 0) is 15.3 Å². The van der Waals surface area contributed by atoms with Crippen molar-refractivity contribution in [2.24, 2.45) is 10.7 Å². The highest BCUT2D eigenvalue weighted by atomic mass is 32.2. The maximum absolute atomic E-state index is 12.2. The van der Waals surface area contributed by atoms with Crippen molar-refractivity contribution < 1.29 is 14.4 Å². The molecule has 0 bridgehead atoms. The van der Waals surface area contributed by atoms with Crippen LogP contribution in [0.5, 0.6) is 0 Å². The summed E-state index contributed by atoms with van der Waals surface area (Å²) in [6.45, 7) is 1.89. The molecule has 132 valence electrons. The fraction of sp³-hybridized carbons (Fsp3) is 0.375. The van der Waals surface area contributed by atoms with Gasteiger partial charge in [-0.25, -0.2) is 9.79 Å². The molecule has 2 aliphatic heterocycles. The predicted octanol–water partition coefficient (Wildman–Crippen LogP) is 0.261. The molecule has 0 aliphatic carbocycles. The monoisotopic (exact) mass is 361 g/mol. The van der Waals surface area contributed by atoms with E-state index in [1.54, 1.807) is 11.9 Å². The number of fused-ring (bicyclic) bond motifs is 1. The lowest BCUT2D eigenvalue weighted by Gasteiger charge is -2.35. The van der Waals surface area contributed by atoms with Crippen LogP contribution >= 0.6 is 11.8 Å². The lowest BCUT2D eigenvalue weighted by atomic mass is 10.1. The molecule has 25 heavy (non-hydrogen) atoms. The zero-order valence-corrected chi connectivity index (χ0v) is 14.7. The van der Waals surface area contributed by atoms with E-state index in [0.29, 0.717) is 10.9 Å². The Labute approximate surface area is 149 Å². The second-order valence-corrected chi connectivity index (χ2v) is 6.99. The topological polar surface area (TPSA) is 108 Å². The Morgan fingerprint density at radius 3 is 2.64 bits per heavy atom. The second-order valence-electron chi connectivity index (χ2n) is 6.04. The van der Waals surface area contributed by atoms with Gasteiger partial charge in [-0.3, -0.25) is 14.9 Å². The molecular weight excluding hydrogens is 342 g/mol. The smallest absolute Gasteiger partial charge is 0.325 e. The average molecular weight is 361 g/mol. The number of nitrogens with zero attached hydrogens (tertiary/aromatic N) is 3. The van der Waals surface area contributed by atoms with Crippen LogP contribution in [0.15, 0.2) is 29.3 Å². The lowest BCUT2D eigenvalue weighted by molar-refractivity contribution is -0.128. The van der Waals surface area contributed by atoms with E-state index in [0.717, 1.165) is 5.56 Å². The highest BCUT2D eigenvalue weighted by Crippen LogP contribution is 2.29. The Balaban J connectivity index is 1.81. The maximum atomic E-state index is 12.2. The average Bonchev–Trinajstić information content (AvgIpc) is 2.91. The van der Waals surface area contributed by atoms with Crippen LogP contribution in [0.3, 0.4) is 0 Å². The first-order chi connectivity index (χ1) is 11.9. The molecule has 1 aromatic rings. The number of benzene rings is 1. The molecule has 8 nitrogen and oxygen atoms in total. The van der Waals surface area contributed by atoms with Gasteiger partial charge in [-0.15, -0.1) is 0 Å². The summed E-state index contributed by atoms with van der Waals surface area (Å²) in [7, 11) is 1.57. The van der Waals surface area contributed by atoms with Gasteiger partial charge >= 0.3 is 6.03 Å². The number of likely N-dealkylation sites (N-methyl/N-ethyl adjacent to an activating group) is 1. The number of nitrogens with two attached hydrogens (primary N) is 1. The Hall–Kier alpha value is -2.55. The van der Waals surface area contributed by atoms with E-state index >= 15 is 0 Å². The van der Waals surface area contributed by atoms with Crippen LogP contribution in [0.25, 0.3) is 0 Å². The van der Waals surface area contributed by atoms with Crippen molar-refractivity contribution >= 4 is 34.8 Å². The number of urea groups is 1. The minimum Gasteiger partial charge on any atom is -0.368 e. The predicted molar refractivity (Wildman–Crippen MR) is 94.7 cm³/mol. The number of nitrogens with one attached hydrogen (secondary N) is 1. The van der Waals surface area contributed by atoms with E-state index in [1.165, 1.54) is 22.2 Å². The number of hydrogen-bond donors (Lipinski definition) is 2. The quantitative estimate of drug-likeness (QED) is 0.800. The zero-order chi connectivity index (χ0) is 18.1. The van der Waals surface area contributed by atoms with Crippen molar-refractivity contribution in [1.82, 2.24) is 15.1 Å². The minimum absolute atomic E-state index is 0.129. The van der Waals surface area contributed by atoms with Gasteiger partial charge in [0.1, 0.15) is 0 Å². The fourth-order valence-electron chi connectivity index (χ4n) is 2.79. The van der Waals surface area contributed by atoms with Crippen LogP contribution in [0, 0.1) is 6.92 Å². The van der Waals surface area contributed by atoms with Gasteiger partial charge < -0.3 is 15.5 Å². The number of rotatable bonds is 4. The third kappa shape index (κ3) is 3.46. The Kier molecular flexibility index (Phi) is 4.67. The van der Waals surface area contributed by atoms with E-state index < -0.39 is 30.1 Å². The number of carbonyl (C=O) groups is 3. The summed E-state index contributed by atoms with van der Waals surface area (Å²) in [6, 6.07) is 6.84. The molecule has 2 heterocycles. The minimum atomic E-state index is -0.740. The number of aryl methyl sites for hydroxylation is 1. The second kappa shape index (κ2) is 6.75. The van der Waals surface area contributed by atoms with Gasteiger partial charge in [0.25, 0.3) is 5.91 Å². The standard InChI is InChI=1S/C16H19N5O3S/c1-9-3-5-10(6-4-9)8-25-16-18-13-12(21(16)7-11(17)22)14(23)19-15(24)20(13)2/h3-6,12-13H,7-8H2,1-2H3,(H2,17,22)(H,19,23,24). The van der Waals surface area contributed by atoms with E-state index in [4.69, 9.17) is 5.73 Å². The Morgan fingerprint density at radius 1 is 1.32 bits per heavy atom. The third-order valence-corrected chi connectivity index (χ3v) is 5.21. The van der Waals surface area contributed by atoms with E-state index in [2.05, 4.69) is 10.3 Å². The lowest BCUT2D eigenvalue weighted by Crippen LogP contribution is -2.64. The van der Waals surface area contributed by atoms with Crippen LogP contribution in [0.4, 0.5) is 4.79 Å². The molecule has 2 unspecified atom stereocenters. The van der Waals surface area contributed by atoms with Gasteiger partial charge in [-0.1, -0.05) is 41.6 Å². The maximum Gasteiger partial charge on any atom is 0.325 e. The first-order valence-corrected chi connectivity index (χ1v) is 8.74. The number of carbonyl (C=O) groups excluding carboxylic acids is 3. The number of imide groups is 1. The summed E-state index contributed by atoms with van der Waals surface area (Å²) in [5.41, 5.74) is 7.60. The third-order valence-electron chi connectivity index (χ3n) is 4.14. The van der Waals surface area contributed by atoms with Crippen molar-refractivity contribution in [1.29, 1.82) is 0 Å². The summed E-state index contributed by atoms with van der Waals surface area (Å²) in [5, 5.41) is 2.81. The van der Waals surface area contributed by atoms with Gasteiger partial charge in [0.2, 0.25) is 5.91 Å². The van der Waals surface area contributed by atoms with Crippen molar-refractivity contribution in [3.63, 3.8) is 0 Å². The van der Waals surface area contributed by atoms with Crippen molar-refractivity contribution in [3.05, 3.63) is 35.4 Å². The van der Waals surface area contributed by atoms with E-state index in [-0.39, 0.29) is 6.54 Å². The summed E-state index contributed by atoms with van der Waals surface area (Å²) in [5.74, 6) is -0.395. The van der Waals surface area contributed by atoms with Crippen molar-refractivity contribution in [2.75, 3.05) is 13.6 Å². The molecular formula is C16H19N5O3S. The summed E-state index contributed by atoms with van der Waals surface area (Å²) in [6.07, 6.45) is -0.652. The molecule has 4 amide bonds. The molecule has 1 saturated heterocycles. The molecule has 0 spiro atoms. The first kappa shape index (κ1) is 17.3. The number of amides is 4. The molecule has 2 atom stereocenters. The van der Waals surface area contributed by atoms with Gasteiger partial charge in [-0.2, -0.15) is 0 Å². The molecule has 3 N–H and O–H groups in total. The molecule has 1 aromatic carbocycles. The number of primary amides is 1. The molecule has 0 radical (unpaired) electrons. The summed E-state index contributed by atoms with van der Waals surface area (Å²) in [4.78, 5) is 42.9. The zero-order valence-electron chi connectivity index (χ0n) is 13.9. The van der Waals surface area contributed by atoms with Crippen LogP contribution < -0.4 is 11.1 Å². The molecule has 0 aromatic heterocycles. The van der Waals surface area contributed by atoms with Crippen LogP contribution in [-0.4, -0.2) is 58.6 Å². The Morgan fingerprint density at radius 2 is 2.00 bits per heavy atom. The normalized spacial score (nSPS) is 22.6. The summed E-state index contributed by atoms with van der Waals surface area (Å²) >= 11 is 1.41. The van der Waals surface area contributed by atoms with Gasteiger partial charge in [0.15, 0.2) is 17.4 Å². The van der Waals surface area contributed by atoms with Gasteiger partial charge in [-0.05, 0) is 12.5 Å². The highest BCUT2D eigenvalue weighted by Gasteiger charge is 2.48. The van der Waals surface area contributed by atoms with E-state index in [9.17, 15) is 14.4 Å². The highest BCUT2D eigenvalue weighted by molar-refractivity contribution is 8.13. The van der Waals surface area contributed by atoms with Crippen molar-refractivity contribution in [2.45, 2.75) is 24.9 Å². The first-order valence-electron chi connectivity index (χ1n) is 7.75. The molecule has 3 rings (SSSR count). The molecule has 0 saturated carbocycles.